The number of ether oxygens (including phenoxy) is 1. The van der Waals surface area contributed by atoms with Crippen LogP contribution in [0, 0.1) is 6.92 Å². The predicted octanol–water partition coefficient (Wildman–Crippen LogP) is 6.50. The van der Waals surface area contributed by atoms with E-state index >= 15 is 0 Å². The Labute approximate surface area is 192 Å². The molecule has 4 nitrogen and oxygen atoms in total. The number of rotatable bonds is 16. The summed E-state index contributed by atoms with van der Waals surface area (Å²) in [6.07, 6.45) is 19.9. The van der Waals surface area contributed by atoms with E-state index in [0.717, 1.165) is 16.9 Å². The van der Waals surface area contributed by atoms with Gasteiger partial charge in [-0.2, -0.15) is 4.31 Å². The van der Waals surface area contributed by atoms with Gasteiger partial charge in [0.05, 0.1) is 18.0 Å². The topological polar surface area (TPSA) is 46.4 Å². The Morgan fingerprint density at radius 3 is 2.06 bits per heavy atom. The van der Waals surface area contributed by atoms with Crippen LogP contribution in [-0.4, -0.2) is 33.7 Å². The van der Waals surface area contributed by atoms with E-state index in [9.17, 15) is 9.00 Å². The second kappa shape index (κ2) is 14.6. The van der Waals surface area contributed by atoms with Gasteiger partial charge in [-0.05, 0) is 31.9 Å². The molecule has 0 radical (unpaired) electrons. The lowest BCUT2D eigenvalue weighted by molar-refractivity contribution is -0.140. The van der Waals surface area contributed by atoms with Gasteiger partial charge >= 0.3 is 5.97 Å². The monoisotopic (exact) mass is 447 g/mol. The minimum atomic E-state index is -1.35. The van der Waals surface area contributed by atoms with Crippen molar-refractivity contribution in [3.05, 3.63) is 42.0 Å². The molecule has 0 saturated carbocycles. The molecule has 1 aromatic carbocycles. The third-order valence-corrected chi connectivity index (χ3v) is 7.50. The van der Waals surface area contributed by atoms with Crippen molar-refractivity contribution >= 4 is 17.0 Å². The van der Waals surface area contributed by atoms with Crippen molar-refractivity contribution < 1.29 is 13.7 Å². The zero-order chi connectivity index (χ0) is 22.5. The molecule has 1 aliphatic heterocycles. The van der Waals surface area contributed by atoms with Crippen LogP contribution in [0.4, 0.5) is 0 Å². The third kappa shape index (κ3) is 8.89. The van der Waals surface area contributed by atoms with Crippen molar-refractivity contribution in [3.8, 4) is 0 Å². The molecule has 1 heterocycles. The van der Waals surface area contributed by atoms with Crippen LogP contribution in [-0.2, 0) is 20.5 Å². The Morgan fingerprint density at radius 1 is 0.968 bits per heavy atom. The van der Waals surface area contributed by atoms with Gasteiger partial charge < -0.3 is 4.74 Å². The van der Waals surface area contributed by atoms with Gasteiger partial charge in [0.25, 0.3) is 0 Å². The molecule has 174 valence electrons. The molecule has 0 amide bonds. The number of unbranched alkanes of at least 4 members (excludes halogenated alkanes) is 11. The second-order valence-corrected chi connectivity index (χ2v) is 10.0. The Bertz CT molecular complexity index is 701. The van der Waals surface area contributed by atoms with Crippen LogP contribution >= 0.6 is 0 Å². The highest BCUT2D eigenvalue weighted by molar-refractivity contribution is 7.83. The number of benzene rings is 1. The van der Waals surface area contributed by atoms with E-state index in [-0.39, 0.29) is 12.0 Å². The molecule has 1 aromatic rings. The molecule has 0 N–H and O–H groups in total. The molecule has 31 heavy (non-hydrogen) atoms. The van der Waals surface area contributed by atoms with Crippen molar-refractivity contribution in [1.29, 1.82) is 0 Å². The number of hydrogen-bond acceptors (Lipinski definition) is 3. The molecule has 0 aromatic heterocycles. The van der Waals surface area contributed by atoms with Crippen molar-refractivity contribution in [1.82, 2.24) is 4.31 Å². The first-order chi connectivity index (χ1) is 15.1. The Kier molecular flexibility index (Phi) is 12.1. The molecule has 0 spiro atoms. The number of methoxy groups -OCH3 is 1. The summed E-state index contributed by atoms with van der Waals surface area (Å²) in [6.45, 7) is 4.27. The van der Waals surface area contributed by atoms with Gasteiger partial charge in [-0.15, -0.1) is 0 Å². The number of esters is 1. The Hall–Kier alpha value is -1.46. The summed E-state index contributed by atoms with van der Waals surface area (Å²) < 4.78 is 19.5. The smallest absolute Gasteiger partial charge is 0.326 e. The van der Waals surface area contributed by atoms with Crippen molar-refractivity contribution in [3.63, 3.8) is 0 Å². The third-order valence-electron chi connectivity index (χ3n) is 5.97. The quantitative estimate of drug-likeness (QED) is 0.126. The summed E-state index contributed by atoms with van der Waals surface area (Å²) in [5, 5.41) is 0. The molecule has 1 saturated heterocycles. The van der Waals surface area contributed by atoms with E-state index in [1.165, 1.54) is 77.7 Å². The van der Waals surface area contributed by atoms with E-state index in [4.69, 9.17) is 4.74 Å². The second-order valence-electron chi connectivity index (χ2n) is 8.63. The molecule has 1 fully saturated rings. The maximum Gasteiger partial charge on any atom is 0.326 e. The first-order valence-electron chi connectivity index (χ1n) is 12.1. The van der Waals surface area contributed by atoms with Gasteiger partial charge in [0, 0.05) is 0 Å². The van der Waals surface area contributed by atoms with Crippen LogP contribution in [0.5, 0.6) is 0 Å². The van der Waals surface area contributed by atoms with Gasteiger partial charge in [-0.3, -0.25) is 4.79 Å². The highest BCUT2D eigenvalue weighted by atomic mass is 32.2. The predicted molar refractivity (Wildman–Crippen MR) is 129 cm³/mol. The number of aryl methyl sites for hydroxylation is 1. The summed E-state index contributed by atoms with van der Waals surface area (Å²) in [5.41, 5.74) is 1.12. The number of hydrogen-bond donors (Lipinski definition) is 0. The largest absolute Gasteiger partial charge is 0.468 e. The molecular weight excluding hydrogens is 406 g/mol. The summed E-state index contributed by atoms with van der Waals surface area (Å²) >= 11 is 0. The zero-order valence-corrected chi connectivity index (χ0v) is 20.5. The normalized spacial score (nSPS) is 21.3. The number of allylic oxidation sites excluding steroid dienone is 1. The minimum absolute atomic E-state index is 0.137. The minimum Gasteiger partial charge on any atom is -0.468 e. The fourth-order valence-electron chi connectivity index (χ4n) is 3.93. The first-order valence-corrected chi connectivity index (χ1v) is 13.2. The van der Waals surface area contributed by atoms with Crippen LogP contribution in [0.3, 0.4) is 0 Å². The lowest BCUT2D eigenvalue weighted by Crippen LogP contribution is -2.16. The van der Waals surface area contributed by atoms with Gasteiger partial charge in [0.1, 0.15) is 17.0 Å². The molecule has 4 atom stereocenters. The average molecular weight is 448 g/mol. The van der Waals surface area contributed by atoms with Crippen LogP contribution < -0.4 is 0 Å². The Morgan fingerprint density at radius 2 is 1.52 bits per heavy atom. The lowest BCUT2D eigenvalue weighted by Gasteiger charge is -2.04. The van der Waals surface area contributed by atoms with Crippen molar-refractivity contribution in [2.75, 3.05) is 7.11 Å². The molecular formula is C26H41NO3S. The van der Waals surface area contributed by atoms with Crippen molar-refractivity contribution in [2.45, 2.75) is 108 Å². The van der Waals surface area contributed by atoms with Crippen molar-refractivity contribution in [2.24, 2.45) is 0 Å². The molecule has 2 rings (SSSR count). The maximum absolute atomic E-state index is 12.9. The van der Waals surface area contributed by atoms with Crippen LogP contribution in [0.25, 0.3) is 0 Å². The van der Waals surface area contributed by atoms with Crippen LogP contribution in [0.2, 0.25) is 0 Å². The standard InChI is InChI=1S/C26H41NO3S/c1-4-5-6-7-8-9-10-11-12-13-14-15-16-17-24-25(26(28)30-3)27(24)31(29)23-20-18-22(2)19-21-23/h16-21,24-25H,4-15H2,1-3H3/b17-16+/t24-,25-,27?,31?/m0/s1. The zero-order valence-electron chi connectivity index (χ0n) is 19.7. The van der Waals surface area contributed by atoms with Gasteiger partial charge in [-0.1, -0.05) is 101 Å². The van der Waals surface area contributed by atoms with Gasteiger partial charge in [0.15, 0.2) is 0 Å². The van der Waals surface area contributed by atoms with Crippen LogP contribution in [0.1, 0.15) is 89.5 Å². The first kappa shape index (κ1) is 25.8. The SMILES string of the molecule is CCCCCCCCCCCCC/C=C/[C@H]1[C@@H](C(=O)OC)N1S(=O)c1ccc(C)cc1. The summed E-state index contributed by atoms with van der Waals surface area (Å²) in [5.74, 6) is -0.315. The van der Waals surface area contributed by atoms with Crippen LogP contribution in [0.15, 0.2) is 41.3 Å². The van der Waals surface area contributed by atoms with E-state index in [1.807, 2.05) is 37.3 Å². The number of carbonyl (C=O) groups is 1. The molecule has 1 aliphatic rings. The lowest BCUT2D eigenvalue weighted by atomic mass is 10.1. The highest BCUT2D eigenvalue weighted by Gasteiger charge is 2.55. The molecule has 0 bridgehead atoms. The van der Waals surface area contributed by atoms with Gasteiger partial charge in [-0.25, -0.2) is 4.21 Å². The van der Waals surface area contributed by atoms with Gasteiger partial charge in [0.2, 0.25) is 0 Å². The number of nitrogens with zero attached hydrogens (tertiary/aromatic N) is 1. The Balaban J connectivity index is 1.64. The maximum atomic E-state index is 12.9. The summed E-state index contributed by atoms with van der Waals surface area (Å²) in [4.78, 5) is 12.8. The summed E-state index contributed by atoms with van der Waals surface area (Å²) in [7, 11) is 0.0384. The summed E-state index contributed by atoms with van der Waals surface area (Å²) in [6, 6.07) is 7.04. The number of carbonyl (C=O) groups excluding carboxylic acids is 1. The molecule has 5 heteroatoms. The fraction of sp³-hybridized carbons (Fsp3) is 0.654. The van der Waals surface area contributed by atoms with E-state index in [1.54, 1.807) is 4.31 Å². The molecule has 0 aliphatic carbocycles. The fourth-order valence-corrected chi connectivity index (χ4v) is 5.32. The van der Waals surface area contributed by atoms with E-state index < -0.39 is 17.0 Å². The highest BCUT2D eigenvalue weighted by Crippen LogP contribution is 2.35. The molecule has 2 unspecified atom stereocenters. The van der Waals surface area contributed by atoms with E-state index in [0.29, 0.717) is 0 Å². The average Bonchev–Trinajstić information content (AvgIpc) is 3.50. The van der Waals surface area contributed by atoms with E-state index in [2.05, 4.69) is 13.0 Å².